The zero-order valence-electron chi connectivity index (χ0n) is 10.2. The van der Waals surface area contributed by atoms with E-state index >= 15 is 0 Å². The number of nitrogens with two attached hydrogens (primary N) is 1. The van der Waals surface area contributed by atoms with Crippen molar-refractivity contribution < 1.29 is 22.0 Å². The molecule has 1 aliphatic rings. The Bertz CT molecular complexity index is 486. The molecule has 1 atom stereocenters. The Kier molecular flexibility index (Phi) is 3.42. The normalized spacial score (nSPS) is 18.3. The molecule has 0 bridgehead atoms. The number of rotatable bonds is 4. The van der Waals surface area contributed by atoms with E-state index in [1.54, 1.807) is 6.92 Å². The van der Waals surface area contributed by atoms with E-state index < -0.39 is 40.3 Å². The first-order chi connectivity index (χ1) is 8.81. The number of nitrogens with one attached hydrogen (secondary N) is 1. The van der Waals surface area contributed by atoms with Crippen molar-refractivity contribution in [2.75, 3.05) is 11.9 Å². The molecule has 19 heavy (non-hydrogen) atoms. The fourth-order valence-corrected chi connectivity index (χ4v) is 2.04. The van der Waals surface area contributed by atoms with E-state index in [0.717, 1.165) is 12.8 Å². The number of anilines is 1. The first kappa shape index (κ1) is 14.0. The minimum atomic E-state index is -2.17. The molecule has 0 radical (unpaired) electrons. The highest BCUT2D eigenvalue weighted by Crippen LogP contribution is 2.42. The van der Waals surface area contributed by atoms with Crippen LogP contribution in [-0.4, -0.2) is 12.1 Å². The third kappa shape index (κ3) is 2.27. The molecule has 1 aliphatic carbocycles. The van der Waals surface area contributed by atoms with Crippen molar-refractivity contribution in [1.29, 1.82) is 0 Å². The van der Waals surface area contributed by atoms with Gasteiger partial charge in [-0.25, -0.2) is 22.0 Å². The molecule has 0 saturated heterocycles. The van der Waals surface area contributed by atoms with Crippen molar-refractivity contribution >= 4 is 5.69 Å². The third-order valence-corrected chi connectivity index (χ3v) is 3.52. The van der Waals surface area contributed by atoms with E-state index in [1.807, 2.05) is 0 Å². The van der Waals surface area contributed by atoms with Crippen LogP contribution < -0.4 is 11.1 Å². The first-order valence-corrected chi connectivity index (χ1v) is 5.81. The summed E-state index contributed by atoms with van der Waals surface area (Å²) >= 11 is 0. The molecule has 1 unspecified atom stereocenters. The smallest absolute Gasteiger partial charge is 0.200 e. The van der Waals surface area contributed by atoms with E-state index in [1.165, 1.54) is 0 Å². The van der Waals surface area contributed by atoms with Gasteiger partial charge in [0.15, 0.2) is 23.3 Å². The summed E-state index contributed by atoms with van der Waals surface area (Å²) in [5, 5.41) is 2.39. The molecular weight excluding hydrogens is 267 g/mol. The number of halogens is 5. The molecule has 3 N–H and O–H groups in total. The van der Waals surface area contributed by atoms with Crippen molar-refractivity contribution in [3.63, 3.8) is 0 Å². The molecule has 106 valence electrons. The summed E-state index contributed by atoms with van der Waals surface area (Å²) in [6.07, 6.45) is 1.60. The zero-order valence-corrected chi connectivity index (χ0v) is 10.2. The van der Waals surface area contributed by atoms with Gasteiger partial charge in [-0.1, -0.05) is 0 Å². The molecule has 1 saturated carbocycles. The SMILES string of the molecule is CC(CN)(Nc1c(F)c(F)c(F)c(F)c1F)C1CC1. The second kappa shape index (κ2) is 4.63. The van der Waals surface area contributed by atoms with Crippen LogP contribution in [0.25, 0.3) is 0 Å². The largest absolute Gasteiger partial charge is 0.373 e. The summed E-state index contributed by atoms with van der Waals surface area (Å²) in [4.78, 5) is 0. The molecule has 2 nitrogen and oxygen atoms in total. The molecule has 1 fully saturated rings. The van der Waals surface area contributed by atoms with Crippen molar-refractivity contribution in [2.24, 2.45) is 11.7 Å². The monoisotopic (exact) mass is 280 g/mol. The van der Waals surface area contributed by atoms with Crippen LogP contribution in [0.4, 0.5) is 27.6 Å². The standard InChI is InChI=1S/C12H13F5N2/c1-12(4-18,5-2-3-5)19-11-9(16)7(14)6(13)8(15)10(11)17/h5,19H,2-4,18H2,1H3. The number of hydrogen-bond acceptors (Lipinski definition) is 2. The van der Waals surface area contributed by atoms with Gasteiger partial charge in [0.2, 0.25) is 5.82 Å². The van der Waals surface area contributed by atoms with Gasteiger partial charge in [0.05, 0.1) is 0 Å². The highest BCUT2D eigenvalue weighted by atomic mass is 19.2. The van der Waals surface area contributed by atoms with Crippen LogP contribution in [0.2, 0.25) is 0 Å². The Morgan fingerprint density at radius 1 is 1.00 bits per heavy atom. The number of benzene rings is 1. The number of hydrogen-bond donors (Lipinski definition) is 2. The van der Waals surface area contributed by atoms with Crippen LogP contribution in [0, 0.1) is 35.0 Å². The Balaban J connectivity index is 2.45. The average Bonchev–Trinajstić information content (AvgIpc) is 3.23. The van der Waals surface area contributed by atoms with Crippen LogP contribution in [-0.2, 0) is 0 Å². The van der Waals surface area contributed by atoms with Gasteiger partial charge in [0.1, 0.15) is 5.69 Å². The summed E-state index contributed by atoms with van der Waals surface area (Å²) in [5.41, 5.74) is 3.63. The fraction of sp³-hybridized carbons (Fsp3) is 0.500. The molecular formula is C12H13F5N2. The van der Waals surface area contributed by atoms with Crippen molar-refractivity contribution in [2.45, 2.75) is 25.3 Å². The molecule has 0 aliphatic heterocycles. The molecule has 7 heteroatoms. The predicted octanol–water partition coefficient (Wildman–Crippen LogP) is 2.92. The minimum absolute atomic E-state index is 0.0250. The van der Waals surface area contributed by atoms with Crippen LogP contribution in [0.15, 0.2) is 0 Å². The molecule has 0 spiro atoms. The van der Waals surface area contributed by atoms with Crippen LogP contribution in [0.3, 0.4) is 0 Å². The summed E-state index contributed by atoms with van der Waals surface area (Å²) in [6.45, 7) is 1.62. The maximum atomic E-state index is 13.5. The van der Waals surface area contributed by atoms with Gasteiger partial charge in [-0.15, -0.1) is 0 Å². The second-order valence-electron chi connectivity index (χ2n) is 4.97. The lowest BCUT2D eigenvalue weighted by Gasteiger charge is -2.31. The van der Waals surface area contributed by atoms with Crippen LogP contribution >= 0.6 is 0 Å². The van der Waals surface area contributed by atoms with E-state index in [4.69, 9.17) is 5.73 Å². The Labute approximate surface area is 106 Å². The van der Waals surface area contributed by atoms with Gasteiger partial charge < -0.3 is 11.1 Å². The van der Waals surface area contributed by atoms with Crippen LogP contribution in [0.5, 0.6) is 0 Å². The minimum Gasteiger partial charge on any atom is -0.373 e. The van der Waals surface area contributed by atoms with Gasteiger partial charge in [-0.3, -0.25) is 0 Å². The van der Waals surface area contributed by atoms with E-state index in [2.05, 4.69) is 5.32 Å². The van der Waals surface area contributed by atoms with Gasteiger partial charge in [0, 0.05) is 12.1 Å². The third-order valence-electron chi connectivity index (χ3n) is 3.52. The van der Waals surface area contributed by atoms with Gasteiger partial charge in [0.25, 0.3) is 0 Å². The maximum absolute atomic E-state index is 13.5. The summed E-state index contributed by atoms with van der Waals surface area (Å²) < 4.78 is 66.1. The highest BCUT2D eigenvalue weighted by Gasteiger charge is 2.42. The quantitative estimate of drug-likeness (QED) is 0.505. The fourth-order valence-electron chi connectivity index (χ4n) is 2.04. The lowest BCUT2D eigenvalue weighted by Crippen LogP contribution is -2.45. The van der Waals surface area contributed by atoms with Crippen molar-refractivity contribution in [3.05, 3.63) is 29.1 Å². The van der Waals surface area contributed by atoms with Gasteiger partial charge in [-0.05, 0) is 25.7 Å². The van der Waals surface area contributed by atoms with Crippen molar-refractivity contribution in [1.82, 2.24) is 0 Å². The predicted molar refractivity (Wildman–Crippen MR) is 60.0 cm³/mol. The Hall–Kier alpha value is -1.37. The molecule has 0 aromatic heterocycles. The highest BCUT2D eigenvalue weighted by molar-refractivity contribution is 5.50. The zero-order chi connectivity index (χ0) is 14.4. The first-order valence-electron chi connectivity index (χ1n) is 5.81. The van der Waals surface area contributed by atoms with Crippen LogP contribution in [0.1, 0.15) is 19.8 Å². The Morgan fingerprint density at radius 3 is 1.79 bits per heavy atom. The van der Waals surface area contributed by atoms with Gasteiger partial charge in [-0.2, -0.15) is 0 Å². The van der Waals surface area contributed by atoms with E-state index in [-0.39, 0.29) is 12.5 Å². The molecule has 2 rings (SSSR count). The average molecular weight is 280 g/mol. The van der Waals surface area contributed by atoms with E-state index in [0.29, 0.717) is 0 Å². The Morgan fingerprint density at radius 2 is 1.42 bits per heavy atom. The summed E-state index contributed by atoms with van der Waals surface area (Å²) in [6, 6.07) is 0. The van der Waals surface area contributed by atoms with Crippen molar-refractivity contribution in [3.8, 4) is 0 Å². The van der Waals surface area contributed by atoms with Gasteiger partial charge >= 0.3 is 0 Å². The lowest BCUT2D eigenvalue weighted by molar-refractivity contribution is 0.375. The molecule has 1 aromatic rings. The maximum Gasteiger partial charge on any atom is 0.200 e. The molecule has 1 aromatic carbocycles. The molecule has 0 heterocycles. The lowest BCUT2D eigenvalue weighted by atomic mass is 9.95. The van der Waals surface area contributed by atoms with E-state index in [9.17, 15) is 22.0 Å². The summed E-state index contributed by atoms with van der Waals surface area (Å²) in [5.74, 6) is -9.75. The summed E-state index contributed by atoms with van der Waals surface area (Å²) in [7, 11) is 0. The molecule has 0 amide bonds. The second-order valence-corrected chi connectivity index (χ2v) is 4.97. The topological polar surface area (TPSA) is 38.0 Å².